The van der Waals surface area contributed by atoms with Crippen molar-refractivity contribution >= 4 is 22.2 Å². The normalized spacial score (nSPS) is 10.9. The van der Waals surface area contributed by atoms with Crippen LogP contribution >= 0.6 is 15.9 Å². The van der Waals surface area contributed by atoms with E-state index in [-0.39, 0.29) is 27.1 Å². The number of benzene rings is 2. The molecule has 1 heterocycles. The van der Waals surface area contributed by atoms with E-state index in [1.807, 2.05) is 0 Å². The summed E-state index contributed by atoms with van der Waals surface area (Å²) in [6, 6.07) is 6.14. The first-order valence-corrected chi connectivity index (χ1v) is 7.36. The molecule has 0 saturated heterocycles. The van der Waals surface area contributed by atoms with Crippen LogP contribution in [0.1, 0.15) is 10.4 Å². The smallest absolute Gasteiger partial charge is 0.160 e. The molecule has 0 saturated carbocycles. The predicted molar refractivity (Wildman–Crippen MR) is 81.9 cm³/mol. The predicted octanol–water partition coefficient (Wildman–Crippen LogP) is 4.67. The number of aldehydes is 1. The molecule has 24 heavy (non-hydrogen) atoms. The van der Waals surface area contributed by atoms with Gasteiger partial charge in [0, 0.05) is 11.6 Å². The van der Waals surface area contributed by atoms with Crippen molar-refractivity contribution in [3.63, 3.8) is 0 Å². The second-order valence-corrected chi connectivity index (χ2v) is 5.56. The van der Waals surface area contributed by atoms with Gasteiger partial charge >= 0.3 is 0 Å². The topological polar surface area (TPSA) is 34.9 Å². The van der Waals surface area contributed by atoms with Crippen molar-refractivity contribution in [1.29, 1.82) is 0 Å². The fourth-order valence-electron chi connectivity index (χ4n) is 2.16. The second kappa shape index (κ2) is 6.20. The minimum atomic E-state index is -1.09. The SMILES string of the molecule is O=Cc1c(-c2ccc(F)c(F)c2)nn(-c2ccc(F)c(F)c2)c1Br. The zero-order valence-electron chi connectivity index (χ0n) is 11.7. The molecule has 3 rings (SSSR count). The Morgan fingerprint density at radius 3 is 2.12 bits per heavy atom. The molecule has 3 aromatic rings. The molecule has 0 radical (unpaired) electrons. The lowest BCUT2D eigenvalue weighted by Crippen LogP contribution is -1.99. The van der Waals surface area contributed by atoms with Gasteiger partial charge in [-0.15, -0.1) is 0 Å². The first kappa shape index (κ1) is 16.4. The van der Waals surface area contributed by atoms with Gasteiger partial charge in [0.05, 0.1) is 11.3 Å². The molecule has 0 aliphatic heterocycles. The van der Waals surface area contributed by atoms with Gasteiger partial charge in [0.25, 0.3) is 0 Å². The van der Waals surface area contributed by atoms with Crippen LogP contribution in [0.2, 0.25) is 0 Å². The maximum absolute atomic E-state index is 13.4. The summed E-state index contributed by atoms with van der Waals surface area (Å²) in [5.41, 5.74) is 0.446. The van der Waals surface area contributed by atoms with Crippen LogP contribution < -0.4 is 0 Å². The Morgan fingerprint density at radius 2 is 1.54 bits per heavy atom. The maximum Gasteiger partial charge on any atom is 0.160 e. The van der Waals surface area contributed by atoms with E-state index >= 15 is 0 Å². The first-order valence-electron chi connectivity index (χ1n) is 6.57. The number of carbonyl (C=O) groups excluding carboxylic acids is 1. The van der Waals surface area contributed by atoms with Gasteiger partial charge in [-0.3, -0.25) is 4.79 Å². The van der Waals surface area contributed by atoms with E-state index < -0.39 is 23.3 Å². The summed E-state index contributed by atoms with van der Waals surface area (Å²) in [5.74, 6) is -4.25. The number of hydrogen-bond donors (Lipinski definition) is 0. The average Bonchev–Trinajstić information content (AvgIpc) is 2.89. The van der Waals surface area contributed by atoms with Crippen LogP contribution in [0.15, 0.2) is 41.0 Å². The summed E-state index contributed by atoms with van der Waals surface area (Å²) in [6.07, 6.45) is 0.476. The Kier molecular flexibility index (Phi) is 4.23. The average molecular weight is 399 g/mol. The van der Waals surface area contributed by atoms with Gasteiger partial charge in [-0.05, 0) is 46.3 Å². The van der Waals surface area contributed by atoms with E-state index in [9.17, 15) is 22.4 Å². The van der Waals surface area contributed by atoms with Crippen LogP contribution in [0.3, 0.4) is 0 Å². The third-order valence-electron chi connectivity index (χ3n) is 3.32. The highest BCUT2D eigenvalue weighted by Gasteiger charge is 2.19. The second-order valence-electron chi connectivity index (χ2n) is 4.81. The van der Waals surface area contributed by atoms with Crippen LogP contribution in [0.4, 0.5) is 17.6 Å². The molecule has 3 nitrogen and oxygen atoms in total. The standard InChI is InChI=1S/C16H7BrF4N2O/c17-16-10(7-24)15(8-1-3-11(18)13(20)5-8)22-23(16)9-2-4-12(19)14(21)6-9/h1-7H. The first-order chi connectivity index (χ1) is 11.4. The third kappa shape index (κ3) is 2.73. The van der Waals surface area contributed by atoms with E-state index in [1.54, 1.807) is 0 Å². The lowest BCUT2D eigenvalue weighted by atomic mass is 10.1. The molecular formula is C16H7BrF4N2O. The molecule has 0 fully saturated rings. The number of nitrogens with zero attached hydrogens (tertiary/aromatic N) is 2. The van der Waals surface area contributed by atoms with Gasteiger partial charge in [-0.2, -0.15) is 5.10 Å². The Morgan fingerprint density at radius 1 is 0.917 bits per heavy atom. The molecule has 122 valence electrons. The summed E-state index contributed by atoms with van der Waals surface area (Å²) in [6.45, 7) is 0. The Hall–Kier alpha value is -2.48. The minimum absolute atomic E-state index is 0.0609. The van der Waals surface area contributed by atoms with Crippen molar-refractivity contribution in [1.82, 2.24) is 9.78 Å². The number of rotatable bonds is 3. The van der Waals surface area contributed by atoms with Crippen molar-refractivity contribution in [3.05, 3.63) is 69.8 Å². The molecule has 0 bridgehead atoms. The highest BCUT2D eigenvalue weighted by atomic mass is 79.9. The molecule has 1 aromatic heterocycles. The van der Waals surface area contributed by atoms with Crippen LogP contribution in [0.5, 0.6) is 0 Å². The summed E-state index contributed by atoms with van der Waals surface area (Å²) in [7, 11) is 0. The van der Waals surface area contributed by atoms with Crippen molar-refractivity contribution < 1.29 is 22.4 Å². The lowest BCUT2D eigenvalue weighted by Gasteiger charge is -2.03. The minimum Gasteiger partial charge on any atom is -0.298 e. The number of hydrogen-bond acceptors (Lipinski definition) is 2. The summed E-state index contributed by atoms with van der Waals surface area (Å²) < 4.78 is 54.3. The largest absolute Gasteiger partial charge is 0.298 e. The van der Waals surface area contributed by atoms with E-state index in [4.69, 9.17) is 0 Å². The van der Waals surface area contributed by atoms with Gasteiger partial charge < -0.3 is 0 Å². The molecule has 2 aromatic carbocycles. The fourth-order valence-corrected chi connectivity index (χ4v) is 2.72. The maximum atomic E-state index is 13.4. The molecule has 0 amide bonds. The molecule has 0 spiro atoms. The summed E-state index contributed by atoms with van der Waals surface area (Å²) in [5, 5.41) is 4.12. The Bertz CT molecular complexity index is 955. The van der Waals surface area contributed by atoms with Gasteiger partial charge in [0.1, 0.15) is 10.3 Å². The quantitative estimate of drug-likeness (QED) is 0.474. The third-order valence-corrected chi connectivity index (χ3v) is 4.09. The zero-order valence-corrected chi connectivity index (χ0v) is 13.3. The van der Waals surface area contributed by atoms with E-state index in [2.05, 4.69) is 21.0 Å². The van der Waals surface area contributed by atoms with Crippen LogP contribution in [-0.4, -0.2) is 16.1 Å². The highest BCUT2D eigenvalue weighted by Crippen LogP contribution is 2.31. The van der Waals surface area contributed by atoms with Gasteiger partial charge in [0.15, 0.2) is 29.6 Å². The van der Waals surface area contributed by atoms with Crippen molar-refractivity contribution in [2.45, 2.75) is 0 Å². The highest BCUT2D eigenvalue weighted by molar-refractivity contribution is 9.10. The monoisotopic (exact) mass is 398 g/mol. The molecule has 0 N–H and O–H groups in total. The number of halogens is 5. The van der Waals surface area contributed by atoms with Crippen LogP contribution in [0, 0.1) is 23.3 Å². The Labute approximate surface area is 141 Å². The van der Waals surface area contributed by atoms with Crippen molar-refractivity contribution in [2.24, 2.45) is 0 Å². The molecule has 0 aliphatic rings. The van der Waals surface area contributed by atoms with Crippen LogP contribution in [-0.2, 0) is 0 Å². The zero-order chi connectivity index (χ0) is 17.4. The number of aromatic nitrogens is 2. The van der Waals surface area contributed by atoms with Crippen molar-refractivity contribution in [3.8, 4) is 16.9 Å². The van der Waals surface area contributed by atoms with Gasteiger partial charge in [0.2, 0.25) is 0 Å². The van der Waals surface area contributed by atoms with E-state index in [0.29, 0.717) is 6.29 Å². The Balaban J connectivity index is 2.20. The van der Waals surface area contributed by atoms with E-state index in [1.165, 1.54) is 12.1 Å². The van der Waals surface area contributed by atoms with Crippen molar-refractivity contribution in [2.75, 3.05) is 0 Å². The lowest BCUT2D eigenvalue weighted by molar-refractivity contribution is 0.112. The van der Waals surface area contributed by atoms with Gasteiger partial charge in [-0.1, -0.05) is 0 Å². The number of carbonyl (C=O) groups is 1. The molecule has 0 atom stereocenters. The fraction of sp³-hybridized carbons (Fsp3) is 0. The molecule has 0 aliphatic carbocycles. The molecular weight excluding hydrogens is 392 g/mol. The molecule has 8 heteroatoms. The van der Waals surface area contributed by atoms with Crippen LogP contribution in [0.25, 0.3) is 16.9 Å². The van der Waals surface area contributed by atoms with E-state index in [0.717, 1.165) is 28.9 Å². The summed E-state index contributed by atoms with van der Waals surface area (Å²) >= 11 is 3.16. The molecule has 0 unspecified atom stereocenters. The van der Waals surface area contributed by atoms with Gasteiger partial charge in [-0.25, -0.2) is 22.2 Å². The summed E-state index contributed by atoms with van der Waals surface area (Å²) in [4.78, 5) is 11.4.